The van der Waals surface area contributed by atoms with Gasteiger partial charge in [0.2, 0.25) is 0 Å². The molecule has 0 aromatic carbocycles. The van der Waals surface area contributed by atoms with Crippen LogP contribution in [0.5, 0.6) is 0 Å². The summed E-state index contributed by atoms with van der Waals surface area (Å²) in [4.78, 5) is 58.7. The Morgan fingerprint density at radius 1 is 0.814 bits per heavy atom. The summed E-state index contributed by atoms with van der Waals surface area (Å²) in [6, 6.07) is -1.57. The highest BCUT2D eigenvalue weighted by Crippen LogP contribution is 2.43. The van der Waals surface area contributed by atoms with Crippen molar-refractivity contribution in [1.29, 1.82) is 0 Å². The standard InChI is InChI=1S/C44H72NO13P/c1-3-5-7-8-9-10-11-12-13-14-15-16-17-18-23-27-42(49)55-32-36(33-56-59(53,54)57-34-39(45)44(51)52)58-43(50)28-24-20-19-22-26-37-38(41(48)31-40(37)47)30-29-35(46)25-21-6-4-2/h5,7,9-10,12-13,19,22,29-30,35-39,41,46,48H,3-4,6,8,11,14-18,20-21,23-28,31-34,45H2,1-2H3,(H,51,52)(H,53,54)/b7-5-,10-9-,13-12-,22-19-,30-29+/t35-,36+,37+,38+,39-,41+/m0/s1. The molecule has 0 radical (unpaired) electrons. The lowest BCUT2D eigenvalue weighted by Gasteiger charge is -2.20. The number of carboxylic acid groups (broad SMARTS) is 1. The lowest BCUT2D eigenvalue weighted by molar-refractivity contribution is -0.161. The number of carbonyl (C=O) groups is 4. The number of phosphoric acid groups is 1. The first-order valence-electron chi connectivity index (χ1n) is 21.4. The average Bonchev–Trinajstić information content (AvgIpc) is 3.47. The zero-order chi connectivity index (χ0) is 43.7. The third kappa shape index (κ3) is 28.0. The minimum Gasteiger partial charge on any atom is -0.480 e. The Morgan fingerprint density at radius 2 is 1.44 bits per heavy atom. The number of aliphatic hydroxyl groups is 2. The highest BCUT2D eigenvalue weighted by Gasteiger charge is 2.39. The van der Waals surface area contributed by atoms with Gasteiger partial charge in [0.15, 0.2) is 6.10 Å². The summed E-state index contributed by atoms with van der Waals surface area (Å²) in [6.07, 6.45) is 30.9. The SMILES string of the molecule is CC/C=C\C/C=C\C/C=C\CCCCCCCC(=O)OC[C@H](COP(=O)(O)OC[C@H](N)C(=O)O)OC(=O)CCC/C=C\C[C@H]1C(=O)C[C@@H](O)[C@@H]1/C=C/[C@@H](O)CCCCC. The van der Waals surface area contributed by atoms with Crippen molar-refractivity contribution in [2.45, 2.75) is 160 Å². The maximum Gasteiger partial charge on any atom is 0.472 e. The van der Waals surface area contributed by atoms with Gasteiger partial charge in [-0.05, 0) is 64.2 Å². The van der Waals surface area contributed by atoms with Gasteiger partial charge in [-0.25, -0.2) is 4.57 Å². The van der Waals surface area contributed by atoms with E-state index < -0.39 is 75.8 Å². The molecule has 7 atom stereocenters. The van der Waals surface area contributed by atoms with Gasteiger partial charge in [0.1, 0.15) is 18.4 Å². The van der Waals surface area contributed by atoms with E-state index in [2.05, 4.69) is 54.8 Å². The second kappa shape index (κ2) is 33.5. The molecular formula is C44H72NO13P. The van der Waals surface area contributed by atoms with Crippen LogP contribution in [0.15, 0.2) is 60.8 Å². The van der Waals surface area contributed by atoms with Crippen molar-refractivity contribution in [2.75, 3.05) is 19.8 Å². The van der Waals surface area contributed by atoms with Crippen LogP contribution >= 0.6 is 7.82 Å². The number of carbonyl (C=O) groups excluding carboxylic acids is 3. The van der Waals surface area contributed by atoms with Gasteiger partial charge in [-0.3, -0.25) is 28.2 Å². The Kier molecular flexibility index (Phi) is 30.5. The van der Waals surface area contributed by atoms with E-state index in [0.29, 0.717) is 32.1 Å². The molecule has 1 saturated carbocycles. The molecule has 0 spiro atoms. The number of Topliss-reactive ketones (excluding diaryl/α,β-unsaturated/α-hetero) is 1. The predicted octanol–water partition coefficient (Wildman–Crippen LogP) is 7.76. The van der Waals surface area contributed by atoms with Crippen molar-refractivity contribution < 1.29 is 62.5 Å². The lowest BCUT2D eigenvalue weighted by atomic mass is 9.90. The number of aliphatic carboxylic acids is 1. The fourth-order valence-electron chi connectivity index (χ4n) is 6.18. The molecular weight excluding hydrogens is 781 g/mol. The molecule has 0 bridgehead atoms. The van der Waals surface area contributed by atoms with Gasteiger partial charge >= 0.3 is 25.7 Å². The second-order valence-corrected chi connectivity index (χ2v) is 16.3. The van der Waals surface area contributed by atoms with Crippen molar-refractivity contribution in [3.63, 3.8) is 0 Å². The molecule has 0 amide bonds. The topological polar surface area (TPSA) is 229 Å². The highest BCUT2D eigenvalue weighted by molar-refractivity contribution is 7.47. The fourth-order valence-corrected chi connectivity index (χ4v) is 6.95. The number of rotatable bonds is 35. The smallest absolute Gasteiger partial charge is 0.472 e. The Bertz CT molecular complexity index is 1390. The first-order chi connectivity index (χ1) is 28.3. The van der Waals surface area contributed by atoms with Crippen molar-refractivity contribution in [3.8, 4) is 0 Å². The van der Waals surface area contributed by atoms with Gasteiger partial charge in [-0.1, -0.05) is 113 Å². The molecule has 0 saturated heterocycles. The quantitative estimate of drug-likeness (QED) is 0.0178. The minimum atomic E-state index is -4.80. The van der Waals surface area contributed by atoms with Crippen molar-refractivity contribution in [3.05, 3.63) is 60.8 Å². The summed E-state index contributed by atoms with van der Waals surface area (Å²) in [5.74, 6) is -3.48. The first-order valence-corrected chi connectivity index (χ1v) is 22.9. The molecule has 1 fully saturated rings. The van der Waals surface area contributed by atoms with Crippen LogP contribution in [0.1, 0.15) is 136 Å². The average molecular weight is 854 g/mol. The third-order valence-electron chi connectivity index (χ3n) is 9.62. The predicted molar refractivity (Wildman–Crippen MR) is 227 cm³/mol. The van der Waals surface area contributed by atoms with Crippen LogP contribution in [-0.2, 0) is 42.3 Å². The molecule has 15 heteroatoms. The highest BCUT2D eigenvalue weighted by atomic mass is 31.2. The van der Waals surface area contributed by atoms with Crippen LogP contribution in [0.25, 0.3) is 0 Å². The summed E-state index contributed by atoms with van der Waals surface area (Å²) in [6.45, 7) is 2.27. The van der Waals surface area contributed by atoms with Gasteiger partial charge < -0.3 is 35.4 Å². The summed E-state index contributed by atoms with van der Waals surface area (Å²) >= 11 is 0. The normalized spacial score (nSPS) is 20.0. The van der Waals surface area contributed by atoms with Crippen LogP contribution in [0.3, 0.4) is 0 Å². The molecule has 6 N–H and O–H groups in total. The van der Waals surface area contributed by atoms with Crippen LogP contribution in [0.4, 0.5) is 0 Å². The number of allylic oxidation sites excluding steroid dienone is 8. The number of hydrogen-bond acceptors (Lipinski definition) is 12. The summed E-state index contributed by atoms with van der Waals surface area (Å²) in [5.41, 5.74) is 5.32. The summed E-state index contributed by atoms with van der Waals surface area (Å²) in [7, 11) is -4.80. The molecule has 1 aliphatic carbocycles. The summed E-state index contributed by atoms with van der Waals surface area (Å²) < 4.78 is 32.6. The Hall–Kier alpha value is -3.23. The largest absolute Gasteiger partial charge is 0.480 e. The maximum absolute atomic E-state index is 12.7. The zero-order valence-electron chi connectivity index (χ0n) is 35.3. The molecule has 1 unspecified atom stereocenters. The lowest BCUT2D eigenvalue weighted by Crippen LogP contribution is -2.34. The Morgan fingerprint density at radius 3 is 2.15 bits per heavy atom. The summed E-state index contributed by atoms with van der Waals surface area (Å²) in [5, 5.41) is 29.6. The number of ketones is 1. The Labute approximate surface area is 351 Å². The number of unbranched alkanes of at least 4 members (excludes halogenated alkanes) is 8. The van der Waals surface area contributed by atoms with E-state index in [-0.39, 0.29) is 31.0 Å². The zero-order valence-corrected chi connectivity index (χ0v) is 36.2. The van der Waals surface area contributed by atoms with E-state index >= 15 is 0 Å². The number of aliphatic hydroxyl groups excluding tert-OH is 2. The molecule has 0 aliphatic heterocycles. The van der Waals surface area contributed by atoms with Crippen molar-refractivity contribution in [1.82, 2.24) is 0 Å². The molecule has 0 aromatic heterocycles. The maximum atomic E-state index is 12.7. The van der Waals surface area contributed by atoms with Gasteiger partial charge in [0.25, 0.3) is 0 Å². The third-order valence-corrected chi connectivity index (χ3v) is 10.6. The van der Waals surface area contributed by atoms with E-state index in [4.69, 9.17) is 24.8 Å². The number of nitrogens with two attached hydrogens (primary N) is 1. The number of phosphoric ester groups is 1. The first kappa shape index (κ1) is 53.8. The van der Waals surface area contributed by atoms with E-state index in [1.807, 2.05) is 12.2 Å². The van der Waals surface area contributed by atoms with E-state index in [9.17, 15) is 38.8 Å². The number of carboxylic acids is 1. The van der Waals surface area contributed by atoms with Crippen LogP contribution < -0.4 is 5.73 Å². The van der Waals surface area contributed by atoms with Gasteiger partial charge in [0.05, 0.1) is 25.4 Å². The molecule has 14 nitrogen and oxygen atoms in total. The number of esters is 2. The molecule has 0 aromatic rings. The second-order valence-electron chi connectivity index (χ2n) is 14.9. The van der Waals surface area contributed by atoms with E-state index in [1.165, 1.54) is 0 Å². The van der Waals surface area contributed by atoms with Gasteiger partial charge in [0, 0.05) is 31.1 Å². The van der Waals surface area contributed by atoms with E-state index in [0.717, 1.165) is 70.6 Å². The van der Waals surface area contributed by atoms with Crippen molar-refractivity contribution >= 4 is 31.5 Å². The Balaban J connectivity index is 2.54. The van der Waals surface area contributed by atoms with Gasteiger partial charge in [-0.15, -0.1) is 0 Å². The van der Waals surface area contributed by atoms with E-state index in [1.54, 1.807) is 12.2 Å². The number of ether oxygens (including phenoxy) is 2. The molecule has 1 rings (SSSR count). The fraction of sp³-hybridized carbons (Fsp3) is 0.682. The molecule has 59 heavy (non-hydrogen) atoms. The van der Waals surface area contributed by atoms with Crippen molar-refractivity contribution in [2.24, 2.45) is 17.6 Å². The van der Waals surface area contributed by atoms with Crippen LogP contribution in [-0.4, -0.2) is 88.1 Å². The molecule has 0 heterocycles. The monoisotopic (exact) mass is 853 g/mol. The number of hydrogen-bond donors (Lipinski definition) is 5. The van der Waals surface area contributed by atoms with Gasteiger partial charge in [-0.2, -0.15) is 0 Å². The molecule has 336 valence electrons. The van der Waals surface area contributed by atoms with Crippen LogP contribution in [0, 0.1) is 11.8 Å². The minimum absolute atomic E-state index is 0.0398. The van der Waals surface area contributed by atoms with Crippen LogP contribution in [0.2, 0.25) is 0 Å². The molecule has 1 aliphatic rings.